The first-order chi connectivity index (χ1) is 7.26. The molecule has 1 heterocycles. The minimum atomic E-state index is -0.464. The first-order valence-corrected chi connectivity index (χ1v) is 4.90. The van der Waals surface area contributed by atoms with Gasteiger partial charge >= 0.3 is 0 Å². The molecule has 0 aliphatic carbocycles. The highest BCUT2D eigenvalue weighted by molar-refractivity contribution is 5.48. The number of hydrogen-bond acceptors (Lipinski definition) is 4. The Labute approximate surface area is 88.8 Å². The van der Waals surface area contributed by atoms with E-state index in [1.165, 1.54) is 0 Å². The van der Waals surface area contributed by atoms with Gasteiger partial charge in [0, 0.05) is 13.1 Å². The zero-order chi connectivity index (χ0) is 10.8. The van der Waals surface area contributed by atoms with Crippen LogP contribution in [0.4, 0.5) is 0 Å². The molecular weight excluding hydrogens is 194 g/mol. The number of methoxy groups -OCH3 is 2. The van der Waals surface area contributed by atoms with Gasteiger partial charge in [-0.3, -0.25) is 0 Å². The van der Waals surface area contributed by atoms with Crippen LogP contribution >= 0.6 is 0 Å². The minimum absolute atomic E-state index is 0.464. The molecule has 2 rings (SSSR count). The lowest BCUT2D eigenvalue weighted by Crippen LogP contribution is -2.28. The standard InChI is InChI=1S/C11H15NO3/c1-14-10-3-7-5-12-6-9(13)8(7)4-11(10)15-2/h3-4,9,12-13H,5-6H2,1-2H3/t9-/m1/s1. The second-order valence-electron chi connectivity index (χ2n) is 3.55. The molecule has 4 nitrogen and oxygen atoms in total. The van der Waals surface area contributed by atoms with Crippen molar-refractivity contribution in [1.82, 2.24) is 5.32 Å². The van der Waals surface area contributed by atoms with Crippen LogP contribution in [0.5, 0.6) is 11.5 Å². The third-order valence-corrected chi connectivity index (χ3v) is 2.66. The van der Waals surface area contributed by atoms with Crippen molar-refractivity contribution in [2.24, 2.45) is 0 Å². The number of benzene rings is 1. The Morgan fingerprint density at radius 1 is 1.27 bits per heavy atom. The lowest BCUT2D eigenvalue weighted by atomic mass is 9.98. The number of nitrogens with one attached hydrogen (secondary N) is 1. The largest absolute Gasteiger partial charge is 0.493 e. The monoisotopic (exact) mass is 209 g/mol. The maximum atomic E-state index is 9.79. The molecule has 0 saturated carbocycles. The van der Waals surface area contributed by atoms with E-state index in [9.17, 15) is 5.11 Å². The van der Waals surface area contributed by atoms with Crippen LogP contribution in [0.15, 0.2) is 12.1 Å². The van der Waals surface area contributed by atoms with Crippen molar-refractivity contribution >= 4 is 0 Å². The summed E-state index contributed by atoms with van der Waals surface area (Å²) in [4.78, 5) is 0. The molecule has 4 heteroatoms. The van der Waals surface area contributed by atoms with Gasteiger partial charge in [0.25, 0.3) is 0 Å². The Morgan fingerprint density at radius 2 is 1.93 bits per heavy atom. The Morgan fingerprint density at radius 3 is 2.60 bits per heavy atom. The molecule has 0 radical (unpaired) electrons. The summed E-state index contributed by atoms with van der Waals surface area (Å²) in [5.41, 5.74) is 1.98. The van der Waals surface area contributed by atoms with E-state index in [-0.39, 0.29) is 0 Å². The van der Waals surface area contributed by atoms with Crippen LogP contribution in [0, 0.1) is 0 Å². The molecule has 1 aliphatic heterocycles. The molecule has 0 bridgehead atoms. The lowest BCUT2D eigenvalue weighted by Gasteiger charge is -2.23. The highest BCUT2D eigenvalue weighted by Gasteiger charge is 2.20. The third-order valence-electron chi connectivity index (χ3n) is 2.66. The van der Waals surface area contributed by atoms with Crippen molar-refractivity contribution in [1.29, 1.82) is 0 Å². The van der Waals surface area contributed by atoms with Gasteiger partial charge < -0.3 is 19.9 Å². The second-order valence-corrected chi connectivity index (χ2v) is 3.55. The Bertz CT molecular complexity index is 365. The van der Waals surface area contributed by atoms with E-state index in [0.29, 0.717) is 18.0 Å². The number of hydrogen-bond donors (Lipinski definition) is 2. The molecule has 0 amide bonds. The fourth-order valence-corrected chi connectivity index (χ4v) is 1.85. The summed E-state index contributed by atoms with van der Waals surface area (Å²) in [6.45, 7) is 1.34. The topological polar surface area (TPSA) is 50.7 Å². The molecule has 1 aliphatic rings. The molecule has 0 spiro atoms. The van der Waals surface area contributed by atoms with Gasteiger partial charge in [0.2, 0.25) is 0 Å². The first-order valence-electron chi connectivity index (χ1n) is 4.90. The summed E-state index contributed by atoms with van der Waals surface area (Å²) in [5, 5.41) is 12.9. The Balaban J connectivity index is 2.48. The van der Waals surface area contributed by atoms with Crippen molar-refractivity contribution in [2.45, 2.75) is 12.6 Å². The smallest absolute Gasteiger partial charge is 0.161 e. The molecule has 82 valence electrons. The fraction of sp³-hybridized carbons (Fsp3) is 0.455. The van der Waals surface area contributed by atoms with E-state index in [1.54, 1.807) is 14.2 Å². The summed E-state index contributed by atoms with van der Waals surface area (Å²) < 4.78 is 10.4. The normalized spacial score (nSPS) is 19.5. The summed E-state index contributed by atoms with van der Waals surface area (Å²) >= 11 is 0. The molecule has 1 atom stereocenters. The Kier molecular flexibility index (Phi) is 2.79. The average molecular weight is 209 g/mol. The SMILES string of the molecule is COc1cc2c(cc1OC)[C@H](O)CNC2. The number of rotatable bonds is 2. The molecule has 0 saturated heterocycles. The number of aliphatic hydroxyl groups excluding tert-OH is 1. The Hall–Kier alpha value is -1.26. The maximum absolute atomic E-state index is 9.79. The average Bonchev–Trinajstić information content (AvgIpc) is 2.28. The molecule has 0 unspecified atom stereocenters. The predicted octanol–water partition coefficient (Wildman–Crippen LogP) is 0.840. The van der Waals surface area contributed by atoms with Crippen LogP contribution in [0.2, 0.25) is 0 Å². The minimum Gasteiger partial charge on any atom is -0.493 e. The quantitative estimate of drug-likeness (QED) is 0.758. The van der Waals surface area contributed by atoms with Crippen LogP contribution in [-0.2, 0) is 6.54 Å². The highest BCUT2D eigenvalue weighted by atomic mass is 16.5. The summed E-state index contributed by atoms with van der Waals surface area (Å²) in [5.74, 6) is 1.37. The summed E-state index contributed by atoms with van der Waals surface area (Å²) in [7, 11) is 3.20. The number of β-amino-alcohol motifs (C(OH)–C–C–N with tert-alkyl or cyclic N) is 1. The lowest BCUT2D eigenvalue weighted by molar-refractivity contribution is 0.164. The van der Waals surface area contributed by atoms with Gasteiger partial charge in [-0.15, -0.1) is 0 Å². The van der Waals surface area contributed by atoms with Gasteiger partial charge in [0.15, 0.2) is 11.5 Å². The van der Waals surface area contributed by atoms with Crippen molar-refractivity contribution < 1.29 is 14.6 Å². The van der Waals surface area contributed by atoms with Gasteiger partial charge in [-0.05, 0) is 23.3 Å². The van der Waals surface area contributed by atoms with Gasteiger partial charge in [-0.25, -0.2) is 0 Å². The molecule has 1 aromatic carbocycles. The number of fused-ring (bicyclic) bond motifs is 1. The molecule has 0 fully saturated rings. The van der Waals surface area contributed by atoms with E-state index in [2.05, 4.69) is 5.32 Å². The van der Waals surface area contributed by atoms with Gasteiger partial charge in [-0.1, -0.05) is 0 Å². The maximum Gasteiger partial charge on any atom is 0.161 e. The molecular formula is C11H15NO3. The molecule has 2 N–H and O–H groups in total. The third kappa shape index (κ3) is 1.78. The van der Waals surface area contributed by atoms with Crippen molar-refractivity contribution in [3.05, 3.63) is 23.3 Å². The summed E-state index contributed by atoms with van der Waals surface area (Å²) in [6, 6.07) is 3.75. The van der Waals surface area contributed by atoms with Gasteiger partial charge in [0.1, 0.15) is 0 Å². The first kappa shape index (κ1) is 10.3. The summed E-state index contributed by atoms with van der Waals surface area (Å²) in [6.07, 6.45) is -0.464. The molecule has 0 aromatic heterocycles. The molecule has 1 aromatic rings. The van der Waals surface area contributed by atoms with E-state index in [0.717, 1.165) is 17.7 Å². The number of aliphatic hydroxyl groups is 1. The molecule has 15 heavy (non-hydrogen) atoms. The van der Waals surface area contributed by atoms with Gasteiger partial charge in [0.05, 0.1) is 20.3 Å². The van der Waals surface area contributed by atoms with Crippen LogP contribution in [-0.4, -0.2) is 25.9 Å². The van der Waals surface area contributed by atoms with Crippen molar-refractivity contribution in [2.75, 3.05) is 20.8 Å². The fourth-order valence-electron chi connectivity index (χ4n) is 1.85. The zero-order valence-corrected chi connectivity index (χ0v) is 8.91. The van der Waals surface area contributed by atoms with Crippen LogP contribution < -0.4 is 14.8 Å². The van der Waals surface area contributed by atoms with Crippen LogP contribution in [0.1, 0.15) is 17.2 Å². The van der Waals surface area contributed by atoms with E-state index in [4.69, 9.17) is 9.47 Å². The van der Waals surface area contributed by atoms with E-state index >= 15 is 0 Å². The van der Waals surface area contributed by atoms with Crippen LogP contribution in [0.25, 0.3) is 0 Å². The van der Waals surface area contributed by atoms with E-state index in [1.807, 2.05) is 12.1 Å². The predicted molar refractivity (Wildman–Crippen MR) is 56.2 cm³/mol. The van der Waals surface area contributed by atoms with Crippen LogP contribution in [0.3, 0.4) is 0 Å². The zero-order valence-electron chi connectivity index (χ0n) is 8.91. The van der Waals surface area contributed by atoms with E-state index < -0.39 is 6.10 Å². The second kappa shape index (κ2) is 4.08. The van der Waals surface area contributed by atoms with Crippen molar-refractivity contribution in [3.63, 3.8) is 0 Å². The van der Waals surface area contributed by atoms with Crippen molar-refractivity contribution in [3.8, 4) is 11.5 Å². The number of ether oxygens (including phenoxy) is 2. The van der Waals surface area contributed by atoms with Gasteiger partial charge in [-0.2, -0.15) is 0 Å². The highest BCUT2D eigenvalue weighted by Crippen LogP contribution is 2.34.